The van der Waals surface area contributed by atoms with Crippen molar-refractivity contribution in [3.8, 4) is 0 Å². The van der Waals surface area contributed by atoms with Crippen LogP contribution in [0.25, 0.3) is 0 Å². The van der Waals surface area contributed by atoms with Gasteiger partial charge in [0.2, 0.25) is 0 Å². The molecule has 96 valence electrons. The molecule has 0 heterocycles. The Balaban J connectivity index is 2.50. The number of hydrogen-bond donors (Lipinski definition) is 1. The second kappa shape index (κ2) is 7.75. The van der Waals surface area contributed by atoms with E-state index >= 15 is 0 Å². The maximum atomic E-state index is 3.64. The van der Waals surface area contributed by atoms with Gasteiger partial charge in [0.05, 0.1) is 0 Å². The molecular weight excluding hydrogens is 274 g/mol. The highest BCUT2D eigenvalue weighted by atomic mass is 79.9. The Bertz CT molecular complexity index is 336. The largest absolute Gasteiger partial charge is 0.384 e. The third-order valence-electron chi connectivity index (χ3n) is 3.32. The summed E-state index contributed by atoms with van der Waals surface area (Å²) in [7, 11) is 0. The lowest BCUT2D eigenvalue weighted by molar-refractivity contribution is 0.473. The summed E-state index contributed by atoms with van der Waals surface area (Å²) in [5, 5.41) is 3.57. The van der Waals surface area contributed by atoms with E-state index in [1.54, 1.807) is 0 Å². The van der Waals surface area contributed by atoms with Crippen molar-refractivity contribution in [1.29, 1.82) is 0 Å². The Labute approximate surface area is 114 Å². The molecular formula is C15H24BrN. The molecule has 0 fully saturated rings. The fourth-order valence-electron chi connectivity index (χ4n) is 1.98. The molecule has 1 rings (SSSR count). The van der Waals surface area contributed by atoms with Gasteiger partial charge in [-0.2, -0.15) is 0 Å². The van der Waals surface area contributed by atoms with Gasteiger partial charge in [-0.05, 0) is 46.8 Å². The summed E-state index contributed by atoms with van der Waals surface area (Å²) < 4.78 is 1.20. The highest BCUT2D eigenvalue weighted by molar-refractivity contribution is 9.10. The minimum absolute atomic E-state index is 0.794. The first kappa shape index (κ1) is 14.6. The van der Waals surface area contributed by atoms with Crippen molar-refractivity contribution < 1.29 is 0 Å². The highest BCUT2D eigenvalue weighted by Crippen LogP contribution is 2.26. The molecule has 1 atom stereocenters. The first-order chi connectivity index (χ1) is 8.19. The Morgan fingerprint density at radius 3 is 2.71 bits per heavy atom. The van der Waals surface area contributed by atoms with Crippen LogP contribution in [0.15, 0.2) is 22.7 Å². The summed E-state index contributed by atoms with van der Waals surface area (Å²) >= 11 is 3.64. The van der Waals surface area contributed by atoms with Gasteiger partial charge >= 0.3 is 0 Å². The molecule has 17 heavy (non-hydrogen) atoms. The second-order valence-electron chi connectivity index (χ2n) is 4.73. The normalized spacial score (nSPS) is 12.5. The predicted octanol–water partition coefficient (Wildman–Crippen LogP) is 5.39. The molecule has 0 aliphatic carbocycles. The van der Waals surface area contributed by atoms with Crippen LogP contribution in [0.1, 0.15) is 45.1 Å². The van der Waals surface area contributed by atoms with E-state index in [1.165, 1.54) is 41.4 Å². The van der Waals surface area contributed by atoms with Crippen molar-refractivity contribution >= 4 is 21.6 Å². The maximum absolute atomic E-state index is 3.64. The second-order valence-corrected chi connectivity index (χ2v) is 5.53. The zero-order chi connectivity index (χ0) is 12.7. The molecule has 0 radical (unpaired) electrons. The first-order valence-electron chi connectivity index (χ1n) is 6.68. The molecule has 1 aromatic carbocycles. The van der Waals surface area contributed by atoms with Crippen LogP contribution in [0.3, 0.4) is 0 Å². The lowest BCUT2D eigenvalue weighted by Crippen LogP contribution is -2.14. The number of anilines is 1. The zero-order valence-corrected chi connectivity index (χ0v) is 12.8. The molecule has 1 nitrogen and oxygen atoms in total. The minimum Gasteiger partial charge on any atom is -0.384 e. The van der Waals surface area contributed by atoms with Gasteiger partial charge in [-0.1, -0.05) is 45.2 Å². The average Bonchev–Trinajstić information content (AvgIpc) is 2.34. The fraction of sp³-hybridized carbons (Fsp3) is 0.600. The van der Waals surface area contributed by atoms with Crippen LogP contribution in [-0.4, -0.2) is 6.54 Å². The van der Waals surface area contributed by atoms with E-state index in [9.17, 15) is 0 Å². The van der Waals surface area contributed by atoms with Gasteiger partial charge in [-0.15, -0.1) is 0 Å². The first-order valence-corrected chi connectivity index (χ1v) is 7.47. The van der Waals surface area contributed by atoms with Crippen molar-refractivity contribution in [1.82, 2.24) is 0 Å². The maximum Gasteiger partial charge on any atom is 0.0487 e. The van der Waals surface area contributed by atoms with Crippen LogP contribution in [0.5, 0.6) is 0 Å². The standard InChI is InChI=1S/C15H24BrN/c1-4-6-9-13(5-2)11-17-14-10-7-8-12(3)15(14)16/h7-8,10,13,17H,4-6,9,11H2,1-3H3. The van der Waals surface area contributed by atoms with Gasteiger partial charge in [0.15, 0.2) is 0 Å². The number of unbranched alkanes of at least 4 members (excludes halogenated alkanes) is 1. The molecule has 1 unspecified atom stereocenters. The van der Waals surface area contributed by atoms with Crippen LogP contribution in [0, 0.1) is 12.8 Å². The summed E-state index contributed by atoms with van der Waals surface area (Å²) in [6.45, 7) is 7.76. The SMILES string of the molecule is CCCCC(CC)CNc1cccc(C)c1Br. The van der Waals surface area contributed by atoms with E-state index in [2.05, 4.69) is 60.2 Å². The molecule has 1 N–H and O–H groups in total. The van der Waals surface area contributed by atoms with Crippen molar-refractivity contribution in [2.75, 3.05) is 11.9 Å². The lowest BCUT2D eigenvalue weighted by Gasteiger charge is -2.17. The van der Waals surface area contributed by atoms with E-state index in [-0.39, 0.29) is 0 Å². The van der Waals surface area contributed by atoms with Crippen LogP contribution < -0.4 is 5.32 Å². The van der Waals surface area contributed by atoms with Crippen LogP contribution in [0.4, 0.5) is 5.69 Å². The van der Waals surface area contributed by atoms with E-state index in [1.807, 2.05) is 0 Å². The van der Waals surface area contributed by atoms with Gasteiger partial charge in [0.25, 0.3) is 0 Å². The number of benzene rings is 1. The monoisotopic (exact) mass is 297 g/mol. The summed E-state index contributed by atoms with van der Waals surface area (Å²) in [6.07, 6.45) is 5.24. The number of aryl methyl sites for hydroxylation is 1. The third kappa shape index (κ3) is 4.71. The number of rotatable bonds is 7. The van der Waals surface area contributed by atoms with Crippen molar-refractivity contribution in [2.24, 2.45) is 5.92 Å². The van der Waals surface area contributed by atoms with Gasteiger partial charge in [-0.25, -0.2) is 0 Å². The summed E-state index contributed by atoms with van der Waals surface area (Å²) in [5.74, 6) is 0.794. The summed E-state index contributed by atoms with van der Waals surface area (Å²) in [4.78, 5) is 0. The van der Waals surface area contributed by atoms with E-state index in [0.717, 1.165) is 12.5 Å². The third-order valence-corrected chi connectivity index (χ3v) is 4.37. The fourth-order valence-corrected chi connectivity index (χ4v) is 2.39. The lowest BCUT2D eigenvalue weighted by atomic mass is 9.99. The average molecular weight is 298 g/mol. The smallest absolute Gasteiger partial charge is 0.0487 e. The molecule has 2 heteroatoms. The topological polar surface area (TPSA) is 12.0 Å². The molecule has 0 aromatic heterocycles. The van der Waals surface area contributed by atoms with E-state index < -0.39 is 0 Å². The Morgan fingerprint density at radius 1 is 1.29 bits per heavy atom. The number of hydrogen-bond acceptors (Lipinski definition) is 1. The van der Waals surface area contributed by atoms with Crippen molar-refractivity contribution in [2.45, 2.75) is 46.5 Å². The van der Waals surface area contributed by atoms with Gasteiger partial charge in [0.1, 0.15) is 0 Å². The van der Waals surface area contributed by atoms with E-state index in [4.69, 9.17) is 0 Å². The Kier molecular flexibility index (Phi) is 6.64. The molecule has 0 spiro atoms. The van der Waals surface area contributed by atoms with Gasteiger partial charge in [-0.3, -0.25) is 0 Å². The van der Waals surface area contributed by atoms with Crippen molar-refractivity contribution in [3.05, 3.63) is 28.2 Å². The molecule has 0 aliphatic rings. The predicted molar refractivity (Wildman–Crippen MR) is 80.7 cm³/mol. The molecule has 0 saturated carbocycles. The van der Waals surface area contributed by atoms with Gasteiger partial charge < -0.3 is 5.32 Å². The number of halogens is 1. The Hall–Kier alpha value is -0.500. The van der Waals surface area contributed by atoms with Gasteiger partial charge in [0, 0.05) is 16.7 Å². The van der Waals surface area contributed by atoms with Crippen molar-refractivity contribution in [3.63, 3.8) is 0 Å². The molecule has 0 aliphatic heterocycles. The van der Waals surface area contributed by atoms with E-state index in [0.29, 0.717) is 0 Å². The minimum atomic E-state index is 0.794. The molecule has 1 aromatic rings. The van der Waals surface area contributed by atoms with Crippen LogP contribution in [0.2, 0.25) is 0 Å². The quantitative estimate of drug-likeness (QED) is 0.712. The Morgan fingerprint density at radius 2 is 2.06 bits per heavy atom. The number of nitrogens with one attached hydrogen (secondary N) is 1. The van der Waals surface area contributed by atoms with Crippen LogP contribution in [-0.2, 0) is 0 Å². The molecule has 0 amide bonds. The summed E-state index contributed by atoms with van der Waals surface area (Å²) in [6, 6.07) is 6.38. The highest BCUT2D eigenvalue weighted by Gasteiger charge is 2.07. The summed E-state index contributed by atoms with van der Waals surface area (Å²) in [5.41, 5.74) is 2.51. The molecule has 0 saturated heterocycles. The van der Waals surface area contributed by atoms with Crippen LogP contribution >= 0.6 is 15.9 Å². The molecule has 0 bridgehead atoms. The zero-order valence-electron chi connectivity index (χ0n) is 11.2.